The normalized spacial score (nSPS) is 16.8. The lowest BCUT2D eigenvalue weighted by atomic mass is 10.1. The van der Waals surface area contributed by atoms with E-state index in [9.17, 15) is 0 Å². The van der Waals surface area contributed by atoms with E-state index in [0.29, 0.717) is 6.04 Å². The van der Waals surface area contributed by atoms with Crippen LogP contribution in [0.25, 0.3) is 0 Å². The first-order valence-corrected chi connectivity index (χ1v) is 7.84. The van der Waals surface area contributed by atoms with E-state index in [0.717, 1.165) is 25.6 Å². The molecule has 0 amide bonds. The van der Waals surface area contributed by atoms with Gasteiger partial charge < -0.3 is 5.32 Å². The van der Waals surface area contributed by atoms with Crippen LogP contribution in [0.1, 0.15) is 44.7 Å². The van der Waals surface area contributed by atoms with Gasteiger partial charge in [-0.05, 0) is 37.5 Å². The van der Waals surface area contributed by atoms with Crippen molar-refractivity contribution in [3.8, 4) is 0 Å². The van der Waals surface area contributed by atoms with Gasteiger partial charge in [0.05, 0.1) is 0 Å². The maximum Gasteiger partial charge on any atom is 0.0472 e. The van der Waals surface area contributed by atoms with Crippen LogP contribution < -0.4 is 5.32 Å². The van der Waals surface area contributed by atoms with Crippen LogP contribution >= 0.6 is 0 Å². The zero-order chi connectivity index (χ0) is 13.5. The van der Waals surface area contributed by atoms with Gasteiger partial charge in [-0.2, -0.15) is 0 Å². The van der Waals surface area contributed by atoms with E-state index in [4.69, 9.17) is 0 Å². The summed E-state index contributed by atoms with van der Waals surface area (Å²) in [5.74, 6) is 1.02. The fourth-order valence-corrected chi connectivity index (χ4v) is 2.75. The third kappa shape index (κ3) is 4.63. The predicted molar refractivity (Wildman–Crippen MR) is 82.3 cm³/mol. The third-order valence-electron chi connectivity index (χ3n) is 4.20. The van der Waals surface area contributed by atoms with Gasteiger partial charge in [0.2, 0.25) is 0 Å². The van der Waals surface area contributed by atoms with Crippen LogP contribution in [0.5, 0.6) is 0 Å². The second kappa shape index (κ2) is 7.66. The van der Waals surface area contributed by atoms with Gasteiger partial charge in [-0.3, -0.25) is 4.90 Å². The molecular weight excluding hydrogens is 232 g/mol. The molecule has 1 N–H and O–H groups in total. The van der Waals surface area contributed by atoms with Crippen LogP contribution in [0.15, 0.2) is 30.3 Å². The molecule has 2 nitrogen and oxygen atoms in total. The van der Waals surface area contributed by atoms with Gasteiger partial charge in [-0.1, -0.05) is 57.0 Å². The molecule has 1 atom stereocenters. The Hall–Kier alpha value is -0.860. The van der Waals surface area contributed by atoms with Crippen molar-refractivity contribution in [1.82, 2.24) is 10.2 Å². The SMILES string of the molecule is CCN(CC)C(CNCCC1CC1)c1ccccc1. The molecule has 1 aliphatic carbocycles. The number of benzene rings is 1. The summed E-state index contributed by atoms with van der Waals surface area (Å²) >= 11 is 0. The second-order valence-electron chi connectivity index (χ2n) is 5.58. The fourth-order valence-electron chi connectivity index (χ4n) is 2.75. The van der Waals surface area contributed by atoms with E-state index in [1.165, 1.54) is 31.4 Å². The topological polar surface area (TPSA) is 15.3 Å². The molecule has 2 heteroatoms. The molecule has 0 aromatic heterocycles. The van der Waals surface area contributed by atoms with E-state index >= 15 is 0 Å². The Morgan fingerprint density at radius 1 is 1.16 bits per heavy atom. The first-order chi connectivity index (χ1) is 9.35. The monoisotopic (exact) mass is 260 g/mol. The number of nitrogens with zero attached hydrogens (tertiary/aromatic N) is 1. The molecule has 0 bridgehead atoms. The number of rotatable bonds is 9. The summed E-state index contributed by atoms with van der Waals surface area (Å²) in [5, 5.41) is 3.66. The average molecular weight is 260 g/mol. The van der Waals surface area contributed by atoms with Crippen LogP contribution in [-0.2, 0) is 0 Å². The van der Waals surface area contributed by atoms with Gasteiger partial charge in [-0.25, -0.2) is 0 Å². The molecule has 1 fully saturated rings. The molecule has 106 valence electrons. The Balaban J connectivity index is 1.89. The number of likely N-dealkylation sites (N-methyl/N-ethyl adjacent to an activating group) is 1. The molecule has 0 heterocycles. The minimum Gasteiger partial charge on any atom is -0.315 e. The quantitative estimate of drug-likeness (QED) is 0.684. The van der Waals surface area contributed by atoms with Crippen LogP contribution in [0.3, 0.4) is 0 Å². The van der Waals surface area contributed by atoms with Crippen molar-refractivity contribution in [2.24, 2.45) is 5.92 Å². The zero-order valence-corrected chi connectivity index (χ0v) is 12.4. The summed E-state index contributed by atoms with van der Waals surface area (Å²) in [6, 6.07) is 11.4. The summed E-state index contributed by atoms with van der Waals surface area (Å²) in [7, 11) is 0. The van der Waals surface area contributed by atoms with Crippen molar-refractivity contribution in [1.29, 1.82) is 0 Å². The molecule has 0 radical (unpaired) electrons. The number of nitrogens with one attached hydrogen (secondary N) is 1. The Morgan fingerprint density at radius 3 is 2.42 bits per heavy atom. The Bertz CT molecular complexity index is 342. The highest BCUT2D eigenvalue weighted by molar-refractivity contribution is 5.19. The van der Waals surface area contributed by atoms with Crippen molar-refractivity contribution >= 4 is 0 Å². The van der Waals surface area contributed by atoms with E-state index in [2.05, 4.69) is 54.4 Å². The van der Waals surface area contributed by atoms with Crippen molar-refractivity contribution in [2.45, 2.75) is 39.2 Å². The van der Waals surface area contributed by atoms with Crippen molar-refractivity contribution in [3.63, 3.8) is 0 Å². The van der Waals surface area contributed by atoms with Crippen LogP contribution in [-0.4, -0.2) is 31.1 Å². The minimum atomic E-state index is 0.510. The second-order valence-corrected chi connectivity index (χ2v) is 5.58. The highest BCUT2D eigenvalue weighted by Crippen LogP contribution is 2.31. The standard InChI is InChI=1S/C17H28N2/c1-3-19(4-2)17(16-8-6-5-7-9-16)14-18-13-12-15-10-11-15/h5-9,15,17-18H,3-4,10-14H2,1-2H3. The first kappa shape index (κ1) is 14.5. The predicted octanol–water partition coefficient (Wildman–Crippen LogP) is 3.46. The molecule has 0 aliphatic heterocycles. The molecule has 1 aromatic rings. The van der Waals surface area contributed by atoms with Gasteiger partial charge in [0.15, 0.2) is 0 Å². The highest BCUT2D eigenvalue weighted by Gasteiger charge is 2.21. The first-order valence-electron chi connectivity index (χ1n) is 7.84. The molecule has 0 saturated heterocycles. The lowest BCUT2D eigenvalue weighted by Gasteiger charge is -2.30. The summed E-state index contributed by atoms with van der Waals surface area (Å²) in [6.45, 7) is 8.97. The summed E-state index contributed by atoms with van der Waals surface area (Å²) < 4.78 is 0. The lowest BCUT2D eigenvalue weighted by molar-refractivity contribution is 0.213. The summed E-state index contributed by atoms with van der Waals surface area (Å²) in [6.07, 6.45) is 4.28. The molecule has 1 saturated carbocycles. The van der Waals surface area contributed by atoms with Gasteiger partial charge in [0.25, 0.3) is 0 Å². The Morgan fingerprint density at radius 2 is 1.84 bits per heavy atom. The zero-order valence-electron chi connectivity index (χ0n) is 12.4. The minimum absolute atomic E-state index is 0.510. The van der Waals surface area contributed by atoms with E-state index in [1.807, 2.05) is 0 Å². The molecule has 1 unspecified atom stereocenters. The Kier molecular flexibility index (Phi) is 5.87. The molecule has 0 spiro atoms. The number of hydrogen-bond acceptors (Lipinski definition) is 2. The molecule has 1 aromatic carbocycles. The third-order valence-corrected chi connectivity index (χ3v) is 4.20. The van der Waals surface area contributed by atoms with Gasteiger partial charge in [0, 0.05) is 12.6 Å². The van der Waals surface area contributed by atoms with Crippen LogP contribution in [0, 0.1) is 5.92 Å². The van der Waals surface area contributed by atoms with E-state index < -0.39 is 0 Å². The number of hydrogen-bond donors (Lipinski definition) is 1. The smallest absolute Gasteiger partial charge is 0.0472 e. The molecule has 1 aliphatic rings. The fraction of sp³-hybridized carbons (Fsp3) is 0.647. The van der Waals surface area contributed by atoms with Crippen LogP contribution in [0.4, 0.5) is 0 Å². The lowest BCUT2D eigenvalue weighted by Crippen LogP contribution is -2.36. The van der Waals surface area contributed by atoms with Gasteiger partial charge in [-0.15, -0.1) is 0 Å². The summed E-state index contributed by atoms with van der Waals surface area (Å²) in [5.41, 5.74) is 1.44. The average Bonchev–Trinajstić information content (AvgIpc) is 3.27. The van der Waals surface area contributed by atoms with Crippen LogP contribution in [0.2, 0.25) is 0 Å². The Labute approximate surface area is 118 Å². The van der Waals surface area contributed by atoms with E-state index in [1.54, 1.807) is 0 Å². The molecule has 19 heavy (non-hydrogen) atoms. The maximum absolute atomic E-state index is 3.66. The summed E-state index contributed by atoms with van der Waals surface area (Å²) in [4.78, 5) is 2.54. The van der Waals surface area contributed by atoms with E-state index in [-0.39, 0.29) is 0 Å². The van der Waals surface area contributed by atoms with Crippen molar-refractivity contribution in [2.75, 3.05) is 26.2 Å². The molecule has 2 rings (SSSR count). The largest absolute Gasteiger partial charge is 0.315 e. The van der Waals surface area contributed by atoms with Crippen molar-refractivity contribution in [3.05, 3.63) is 35.9 Å². The van der Waals surface area contributed by atoms with Crippen molar-refractivity contribution < 1.29 is 0 Å². The molecular formula is C17H28N2. The van der Waals surface area contributed by atoms with Gasteiger partial charge in [0.1, 0.15) is 0 Å². The van der Waals surface area contributed by atoms with Gasteiger partial charge >= 0.3 is 0 Å². The maximum atomic E-state index is 3.66. The highest BCUT2D eigenvalue weighted by atomic mass is 15.2.